The van der Waals surface area contributed by atoms with Crippen molar-refractivity contribution >= 4 is 10.2 Å². The lowest BCUT2D eigenvalue weighted by atomic mass is 9.77. The first-order chi connectivity index (χ1) is 12.0. The van der Waals surface area contributed by atoms with Gasteiger partial charge in [0.1, 0.15) is 0 Å². The zero-order valence-electron chi connectivity index (χ0n) is 14.7. The van der Waals surface area contributed by atoms with Crippen LogP contribution in [0.4, 0.5) is 0 Å². The van der Waals surface area contributed by atoms with E-state index in [1.54, 1.807) is 8.61 Å². The third-order valence-electron chi connectivity index (χ3n) is 5.53. The molecule has 0 aromatic heterocycles. The summed E-state index contributed by atoms with van der Waals surface area (Å²) in [5.41, 5.74) is 1.12. The van der Waals surface area contributed by atoms with Gasteiger partial charge >= 0.3 is 0 Å². The maximum atomic E-state index is 12.9. The van der Waals surface area contributed by atoms with E-state index in [-0.39, 0.29) is 12.2 Å². The first kappa shape index (κ1) is 17.1. The standard InChI is InChI=1S/C18H26N2O4S/c1-18(12-15-5-6-16-17(11-15)24-14-23-16)7-4-10-20(13-18)25(21,22)19-8-2-3-9-19/h5-6,11H,2-4,7-10,12-14H2,1H3/t18-/m0/s1. The van der Waals surface area contributed by atoms with Crippen molar-refractivity contribution in [3.05, 3.63) is 23.8 Å². The van der Waals surface area contributed by atoms with E-state index in [1.165, 1.54) is 5.56 Å². The summed E-state index contributed by atoms with van der Waals surface area (Å²) in [5, 5.41) is 0. The SMILES string of the molecule is C[C@@]1(Cc2ccc3c(c2)OCO3)CCCN(S(=O)(=O)N2CCCC2)C1. The summed E-state index contributed by atoms with van der Waals surface area (Å²) in [5.74, 6) is 1.58. The first-order valence-corrected chi connectivity index (χ1v) is 10.5. The molecule has 2 fully saturated rings. The Morgan fingerprint density at radius 3 is 2.56 bits per heavy atom. The molecule has 1 atom stereocenters. The maximum Gasteiger partial charge on any atom is 0.281 e. The zero-order valence-corrected chi connectivity index (χ0v) is 15.6. The van der Waals surface area contributed by atoms with Gasteiger partial charge in [-0.2, -0.15) is 17.0 Å². The smallest absolute Gasteiger partial charge is 0.281 e. The molecule has 3 heterocycles. The fourth-order valence-electron chi connectivity index (χ4n) is 4.23. The Hall–Kier alpha value is -1.31. The van der Waals surface area contributed by atoms with E-state index in [4.69, 9.17) is 9.47 Å². The molecule has 2 saturated heterocycles. The number of rotatable bonds is 4. The third kappa shape index (κ3) is 3.37. The molecule has 0 unspecified atom stereocenters. The molecule has 0 amide bonds. The summed E-state index contributed by atoms with van der Waals surface area (Å²) >= 11 is 0. The molecule has 0 spiro atoms. The van der Waals surface area contributed by atoms with E-state index >= 15 is 0 Å². The molecule has 3 aliphatic rings. The van der Waals surface area contributed by atoms with Crippen molar-refractivity contribution in [2.45, 2.75) is 39.0 Å². The van der Waals surface area contributed by atoms with Crippen LogP contribution in [0.25, 0.3) is 0 Å². The number of hydrogen-bond donors (Lipinski definition) is 0. The van der Waals surface area contributed by atoms with Crippen LogP contribution >= 0.6 is 0 Å². The molecule has 1 aromatic carbocycles. The highest BCUT2D eigenvalue weighted by molar-refractivity contribution is 7.86. The van der Waals surface area contributed by atoms with Gasteiger partial charge in [-0.3, -0.25) is 0 Å². The largest absolute Gasteiger partial charge is 0.454 e. The molecule has 0 aliphatic carbocycles. The lowest BCUT2D eigenvalue weighted by Crippen LogP contribution is -2.50. The van der Waals surface area contributed by atoms with Crippen LogP contribution in [0.5, 0.6) is 11.5 Å². The molecule has 6 nitrogen and oxygen atoms in total. The second-order valence-corrected chi connectivity index (χ2v) is 9.65. The summed E-state index contributed by atoms with van der Waals surface area (Å²) < 4.78 is 40.0. The molecule has 4 rings (SSSR count). The van der Waals surface area contributed by atoms with Gasteiger partial charge in [0.2, 0.25) is 6.79 Å². The summed E-state index contributed by atoms with van der Waals surface area (Å²) in [4.78, 5) is 0. The summed E-state index contributed by atoms with van der Waals surface area (Å²) in [6, 6.07) is 6.04. The highest BCUT2D eigenvalue weighted by Crippen LogP contribution is 2.38. The van der Waals surface area contributed by atoms with Gasteiger partial charge in [-0.05, 0) is 55.2 Å². The van der Waals surface area contributed by atoms with Crippen molar-refractivity contribution in [2.24, 2.45) is 5.41 Å². The topological polar surface area (TPSA) is 59.1 Å². The van der Waals surface area contributed by atoms with Gasteiger partial charge in [0.05, 0.1) is 0 Å². The highest BCUT2D eigenvalue weighted by atomic mass is 32.2. The Kier molecular flexibility index (Phi) is 4.42. The Balaban J connectivity index is 1.49. The van der Waals surface area contributed by atoms with Crippen LogP contribution in [0.15, 0.2) is 18.2 Å². The van der Waals surface area contributed by atoms with Gasteiger partial charge in [-0.15, -0.1) is 0 Å². The van der Waals surface area contributed by atoms with Gasteiger partial charge in [0.25, 0.3) is 10.2 Å². The molecule has 7 heteroatoms. The van der Waals surface area contributed by atoms with Crippen molar-refractivity contribution in [1.82, 2.24) is 8.61 Å². The summed E-state index contributed by atoms with van der Waals surface area (Å²) in [6.45, 7) is 5.02. The molecule has 0 saturated carbocycles. The van der Waals surface area contributed by atoms with E-state index in [0.29, 0.717) is 26.2 Å². The molecule has 1 aromatic rings. The zero-order chi connectivity index (χ0) is 17.5. The predicted octanol–water partition coefficient (Wildman–Crippen LogP) is 2.40. The number of ether oxygens (including phenoxy) is 2. The Morgan fingerprint density at radius 1 is 1.04 bits per heavy atom. The molecular weight excluding hydrogens is 340 g/mol. The molecule has 3 aliphatic heterocycles. The van der Waals surface area contributed by atoms with Crippen LogP contribution in [0.3, 0.4) is 0 Å². The number of fused-ring (bicyclic) bond motifs is 1. The molecular formula is C18H26N2O4S. The summed E-state index contributed by atoms with van der Waals surface area (Å²) in [6.07, 6.45) is 4.74. The average molecular weight is 366 g/mol. The number of hydrogen-bond acceptors (Lipinski definition) is 4. The molecule has 138 valence electrons. The molecule has 25 heavy (non-hydrogen) atoms. The van der Waals surface area contributed by atoms with Gasteiger partial charge in [-0.25, -0.2) is 0 Å². The van der Waals surface area contributed by atoms with Crippen LogP contribution in [0.2, 0.25) is 0 Å². The van der Waals surface area contributed by atoms with Crippen molar-refractivity contribution in [3.8, 4) is 11.5 Å². The maximum absolute atomic E-state index is 12.9. The van der Waals surface area contributed by atoms with Crippen molar-refractivity contribution < 1.29 is 17.9 Å². The van der Waals surface area contributed by atoms with Gasteiger partial charge in [-0.1, -0.05) is 13.0 Å². The Morgan fingerprint density at radius 2 is 1.76 bits per heavy atom. The van der Waals surface area contributed by atoms with E-state index < -0.39 is 10.2 Å². The van der Waals surface area contributed by atoms with Crippen molar-refractivity contribution in [3.63, 3.8) is 0 Å². The quantitative estimate of drug-likeness (QED) is 0.821. The van der Waals surface area contributed by atoms with Crippen molar-refractivity contribution in [1.29, 1.82) is 0 Å². The van der Waals surface area contributed by atoms with Gasteiger partial charge < -0.3 is 9.47 Å². The van der Waals surface area contributed by atoms with Gasteiger partial charge in [0, 0.05) is 26.2 Å². The van der Waals surface area contributed by atoms with Crippen LogP contribution in [-0.2, 0) is 16.6 Å². The minimum atomic E-state index is -3.31. The molecule has 0 bridgehead atoms. The fraction of sp³-hybridized carbons (Fsp3) is 0.667. The highest BCUT2D eigenvalue weighted by Gasteiger charge is 2.39. The fourth-order valence-corrected chi connectivity index (χ4v) is 6.11. The molecule has 0 N–H and O–H groups in total. The van der Waals surface area contributed by atoms with E-state index in [0.717, 1.165) is 43.6 Å². The number of piperidine rings is 1. The van der Waals surface area contributed by atoms with Crippen LogP contribution < -0.4 is 9.47 Å². The minimum absolute atomic E-state index is 0.0568. The first-order valence-electron chi connectivity index (χ1n) is 9.10. The van der Waals surface area contributed by atoms with Gasteiger partial charge in [0.15, 0.2) is 11.5 Å². The lowest BCUT2D eigenvalue weighted by Gasteiger charge is -2.41. The number of benzene rings is 1. The second-order valence-electron chi connectivity index (χ2n) is 7.73. The third-order valence-corrected chi connectivity index (χ3v) is 7.51. The Bertz CT molecular complexity index is 745. The van der Waals surface area contributed by atoms with Crippen LogP contribution in [-0.4, -0.2) is 50.0 Å². The van der Waals surface area contributed by atoms with Crippen LogP contribution in [0, 0.1) is 5.41 Å². The minimum Gasteiger partial charge on any atom is -0.454 e. The Labute approximate surface area is 149 Å². The van der Waals surface area contributed by atoms with Crippen molar-refractivity contribution in [2.75, 3.05) is 33.0 Å². The van der Waals surface area contributed by atoms with E-state index in [9.17, 15) is 8.42 Å². The average Bonchev–Trinajstić information content (AvgIpc) is 3.26. The number of nitrogens with zero attached hydrogens (tertiary/aromatic N) is 2. The normalized spacial score (nSPS) is 27.7. The second kappa shape index (κ2) is 6.45. The molecule has 0 radical (unpaired) electrons. The monoisotopic (exact) mass is 366 g/mol. The summed E-state index contributed by atoms with van der Waals surface area (Å²) in [7, 11) is -3.31. The lowest BCUT2D eigenvalue weighted by molar-refractivity contribution is 0.159. The van der Waals surface area contributed by atoms with Crippen LogP contribution in [0.1, 0.15) is 38.2 Å². The van der Waals surface area contributed by atoms with E-state index in [2.05, 4.69) is 13.0 Å². The predicted molar refractivity (Wildman–Crippen MR) is 94.9 cm³/mol. The van der Waals surface area contributed by atoms with E-state index in [1.807, 2.05) is 12.1 Å².